The minimum atomic E-state index is -3.49. The highest BCUT2D eigenvalue weighted by molar-refractivity contribution is 7.85. The van der Waals surface area contributed by atoms with E-state index >= 15 is 0 Å². The zero-order valence-corrected chi connectivity index (χ0v) is 17.0. The first kappa shape index (κ1) is 23.6. The Morgan fingerprint density at radius 3 is 1.92 bits per heavy atom. The molecule has 0 rings (SSSR count). The Hall–Kier alpha value is -1.35. The topological polar surface area (TPSA) is 108 Å². The molecule has 8 nitrogen and oxygen atoms in total. The number of rotatable bonds is 8. The Morgan fingerprint density at radius 2 is 1.48 bits per heavy atom. The van der Waals surface area contributed by atoms with E-state index in [1.807, 2.05) is 0 Å². The molecule has 0 spiro atoms. The van der Waals surface area contributed by atoms with Gasteiger partial charge in [-0.1, -0.05) is 0 Å². The molecule has 0 aliphatic carbocycles. The van der Waals surface area contributed by atoms with Gasteiger partial charge in [0.25, 0.3) is 10.1 Å². The van der Waals surface area contributed by atoms with Crippen LogP contribution in [-0.4, -0.2) is 50.6 Å². The molecule has 0 saturated carbocycles. The maximum Gasteiger partial charge on any atom is 0.408 e. The predicted molar refractivity (Wildman–Crippen MR) is 93.6 cm³/mol. The third kappa shape index (κ3) is 14.7. The standard InChI is InChI=1S/C16H31NO7S/c1-15(2,3)23-13(18)12(17-14(19)24-16(4,5)6)10-8-9-11-22-25(7,20)21/h12H,8-11H2,1-7H3,(H,17,19)/t12-/m0/s1. The monoisotopic (exact) mass is 381 g/mol. The summed E-state index contributed by atoms with van der Waals surface area (Å²) in [7, 11) is -3.49. The van der Waals surface area contributed by atoms with Gasteiger partial charge in [-0.2, -0.15) is 8.42 Å². The Balaban J connectivity index is 4.68. The second-order valence-corrected chi connectivity index (χ2v) is 9.40. The number of ether oxygens (including phenoxy) is 2. The molecule has 0 radical (unpaired) electrons. The van der Waals surface area contributed by atoms with Crippen LogP contribution in [0.2, 0.25) is 0 Å². The molecule has 0 unspecified atom stereocenters. The van der Waals surface area contributed by atoms with Crippen molar-refractivity contribution >= 4 is 22.2 Å². The molecule has 0 aromatic carbocycles. The molecule has 0 fully saturated rings. The summed E-state index contributed by atoms with van der Waals surface area (Å²) in [6.45, 7) is 10.4. The number of hydrogen-bond donors (Lipinski definition) is 1. The van der Waals surface area contributed by atoms with Gasteiger partial charge >= 0.3 is 12.1 Å². The second-order valence-electron chi connectivity index (χ2n) is 7.75. The number of esters is 1. The molecule has 0 aliphatic rings. The minimum absolute atomic E-state index is 0.0201. The summed E-state index contributed by atoms with van der Waals surface area (Å²) in [5.74, 6) is -0.567. The van der Waals surface area contributed by atoms with Gasteiger partial charge in [-0.05, 0) is 60.8 Å². The van der Waals surface area contributed by atoms with Gasteiger partial charge in [0.1, 0.15) is 17.2 Å². The lowest BCUT2D eigenvalue weighted by Gasteiger charge is -2.26. The highest BCUT2D eigenvalue weighted by atomic mass is 32.2. The van der Waals surface area contributed by atoms with Crippen LogP contribution in [0, 0.1) is 0 Å². The van der Waals surface area contributed by atoms with Gasteiger partial charge < -0.3 is 14.8 Å². The molecular formula is C16H31NO7S. The lowest BCUT2D eigenvalue weighted by molar-refractivity contribution is -0.157. The van der Waals surface area contributed by atoms with E-state index in [0.29, 0.717) is 12.8 Å². The lowest BCUT2D eigenvalue weighted by Crippen LogP contribution is -2.46. The molecule has 0 saturated heterocycles. The van der Waals surface area contributed by atoms with E-state index < -0.39 is 39.4 Å². The van der Waals surface area contributed by atoms with Crippen LogP contribution in [0.15, 0.2) is 0 Å². The van der Waals surface area contributed by atoms with Crippen molar-refractivity contribution in [2.24, 2.45) is 0 Å². The van der Waals surface area contributed by atoms with Gasteiger partial charge in [-0.3, -0.25) is 4.18 Å². The largest absolute Gasteiger partial charge is 0.458 e. The van der Waals surface area contributed by atoms with Crippen LogP contribution in [0.1, 0.15) is 60.8 Å². The molecule has 1 amide bonds. The molecule has 9 heteroatoms. The van der Waals surface area contributed by atoms with Crippen molar-refractivity contribution in [3.05, 3.63) is 0 Å². The average molecular weight is 381 g/mol. The first-order chi connectivity index (χ1) is 11.1. The molecule has 1 atom stereocenters. The van der Waals surface area contributed by atoms with E-state index in [2.05, 4.69) is 9.50 Å². The van der Waals surface area contributed by atoms with Crippen LogP contribution < -0.4 is 5.32 Å². The third-order valence-electron chi connectivity index (χ3n) is 2.57. The van der Waals surface area contributed by atoms with Crippen LogP contribution in [-0.2, 0) is 28.6 Å². The summed E-state index contributed by atoms with van der Waals surface area (Å²) < 4.78 is 36.9. The fourth-order valence-electron chi connectivity index (χ4n) is 1.73. The average Bonchev–Trinajstić information content (AvgIpc) is 2.30. The third-order valence-corrected chi connectivity index (χ3v) is 3.16. The van der Waals surface area contributed by atoms with Crippen LogP contribution in [0.3, 0.4) is 0 Å². The van der Waals surface area contributed by atoms with Crippen LogP contribution >= 0.6 is 0 Å². The normalized spacial score (nSPS) is 13.9. The van der Waals surface area contributed by atoms with E-state index in [-0.39, 0.29) is 13.0 Å². The van der Waals surface area contributed by atoms with Crippen LogP contribution in [0.25, 0.3) is 0 Å². The minimum Gasteiger partial charge on any atom is -0.458 e. The summed E-state index contributed by atoms with van der Waals surface area (Å²) >= 11 is 0. The van der Waals surface area contributed by atoms with E-state index in [1.165, 1.54) is 0 Å². The van der Waals surface area contributed by atoms with Crippen molar-refractivity contribution in [2.45, 2.75) is 78.0 Å². The maximum atomic E-state index is 12.3. The van der Waals surface area contributed by atoms with Crippen LogP contribution in [0.5, 0.6) is 0 Å². The van der Waals surface area contributed by atoms with Crippen molar-refractivity contribution in [1.82, 2.24) is 5.32 Å². The van der Waals surface area contributed by atoms with Crippen molar-refractivity contribution in [2.75, 3.05) is 12.9 Å². The Labute approximate surface area is 150 Å². The van der Waals surface area contributed by atoms with E-state index in [4.69, 9.17) is 9.47 Å². The maximum absolute atomic E-state index is 12.3. The molecule has 0 aromatic rings. The first-order valence-corrected chi connectivity index (χ1v) is 9.97. The SMILES string of the molecule is CC(C)(C)OC(=O)N[C@@H](CCCCOS(C)(=O)=O)C(=O)OC(C)(C)C. The van der Waals surface area contributed by atoms with Crippen LogP contribution in [0.4, 0.5) is 4.79 Å². The zero-order chi connectivity index (χ0) is 19.9. The number of nitrogens with one attached hydrogen (secondary N) is 1. The van der Waals surface area contributed by atoms with Gasteiger partial charge in [-0.25, -0.2) is 9.59 Å². The lowest BCUT2D eigenvalue weighted by atomic mass is 10.1. The first-order valence-electron chi connectivity index (χ1n) is 8.16. The summed E-state index contributed by atoms with van der Waals surface area (Å²) in [4.78, 5) is 24.2. The molecule has 0 aliphatic heterocycles. The van der Waals surface area contributed by atoms with E-state index in [9.17, 15) is 18.0 Å². The molecule has 0 aromatic heterocycles. The molecular weight excluding hydrogens is 350 g/mol. The number of carbonyl (C=O) groups excluding carboxylic acids is 2. The number of carbonyl (C=O) groups is 2. The van der Waals surface area contributed by atoms with Crippen molar-refractivity contribution in [3.63, 3.8) is 0 Å². The zero-order valence-electron chi connectivity index (χ0n) is 16.2. The molecule has 0 bridgehead atoms. The Morgan fingerprint density at radius 1 is 0.960 bits per heavy atom. The van der Waals surface area contributed by atoms with Crippen molar-refractivity contribution in [1.29, 1.82) is 0 Å². The van der Waals surface area contributed by atoms with Crippen molar-refractivity contribution in [3.8, 4) is 0 Å². The van der Waals surface area contributed by atoms with Gasteiger partial charge in [0, 0.05) is 0 Å². The number of amides is 1. The van der Waals surface area contributed by atoms with E-state index in [0.717, 1.165) is 6.26 Å². The molecule has 25 heavy (non-hydrogen) atoms. The van der Waals surface area contributed by atoms with Crippen molar-refractivity contribution < 1.29 is 31.7 Å². The summed E-state index contributed by atoms with van der Waals surface area (Å²) in [6, 6.07) is -0.882. The van der Waals surface area contributed by atoms with Gasteiger partial charge in [0.05, 0.1) is 12.9 Å². The predicted octanol–water partition coefficient (Wildman–Crippen LogP) is 2.37. The number of hydrogen-bond acceptors (Lipinski definition) is 7. The summed E-state index contributed by atoms with van der Waals surface area (Å²) in [5.41, 5.74) is -1.38. The molecule has 1 N–H and O–H groups in total. The molecule has 0 heterocycles. The quantitative estimate of drug-likeness (QED) is 0.390. The van der Waals surface area contributed by atoms with Gasteiger partial charge in [-0.15, -0.1) is 0 Å². The molecule has 148 valence electrons. The fraction of sp³-hybridized carbons (Fsp3) is 0.875. The summed E-state index contributed by atoms with van der Waals surface area (Å²) in [5, 5.41) is 2.51. The second kappa shape index (κ2) is 9.38. The van der Waals surface area contributed by atoms with Gasteiger partial charge in [0.15, 0.2) is 0 Å². The number of unbranched alkanes of at least 4 members (excludes halogenated alkanes) is 1. The Kier molecular flexibility index (Phi) is 8.87. The van der Waals surface area contributed by atoms with E-state index in [1.54, 1.807) is 41.5 Å². The fourth-order valence-corrected chi connectivity index (χ4v) is 2.15. The highest BCUT2D eigenvalue weighted by Crippen LogP contribution is 2.13. The van der Waals surface area contributed by atoms with Gasteiger partial charge in [0.2, 0.25) is 0 Å². The number of alkyl carbamates (subject to hydrolysis) is 1. The summed E-state index contributed by atoms with van der Waals surface area (Å²) in [6.07, 6.45) is 1.43. The smallest absolute Gasteiger partial charge is 0.408 e. The highest BCUT2D eigenvalue weighted by Gasteiger charge is 2.28. The Bertz CT molecular complexity index is 544.